The number of nitrogens with zero attached hydrogens (tertiary/aromatic N) is 1. The first-order chi connectivity index (χ1) is 14.5. The van der Waals surface area contributed by atoms with E-state index in [0.29, 0.717) is 28.8 Å². The summed E-state index contributed by atoms with van der Waals surface area (Å²) >= 11 is 1.31. The Morgan fingerprint density at radius 3 is 2.70 bits per heavy atom. The van der Waals surface area contributed by atoms with Crippen LogP contribution in [0, 0.1) is 5.82 Å². The number of benzene rings is 2. The van der Waals surface area contributed by atoms with Gasteiger partial charge in [-0.15, -0.1) is 0 Å². The van der Waals surface area contributed by atoms with Crippen LogP contribution in [-0.4, -0.2) is 22.5 Å². The lowest BCUT2D eigenvalue weighted by molar-refractivity contribution is -0.116. The average Bonchev–Trinajstić information content (AvgIpc) is 2.73. The number of carbonyl (C=O) groups is 1. The molecule has 1 aromatic heterocycles. The van der Waals surface area contributed by atoms with E-state index in [1.165, 1.54) is 23.9 Å². The topological polar surface area (TPSA) is 84.1 Å². The number of rotatable bonds is 6. The molecular weight excluding hydrogens is 405 g/mol. The highest BCUT2D eigenvalue weighted by Crippen LogP contribution is 2.38. The van der Waals surface area contributed by atoms with Gasteiger partial charge in [0.2, 0.25) is 5.91 Å². The van der Waals surface area contributed by atoms with E-state index in [1.54, 1.807) is 12.1 Å². The highest BCUT2D eigenvalue weighted by atomic mass is 32.2. The molecule has 8 heteroatoms. The molecule has 3 aromatic rings. The standard InChI is InChI=1S/C22H20FN3O3S/c1-2-29-17-6-4-3-5-15(17)16-11-18(27)24-20-19(16)21(28)26-22(25-20)30-12-13-7-9-14(23)10-8-13/h3-10,16H,2,11-12H2,1H3,(H2,24,25,26,27,28). The van der Waals surface area contributed by atoms with E-state index in [9.17, 15) is 14.0 Å². The number of hydrogen-bond acceptors (Lipinski definition) is 5. The van der Waals surface area contributed by atoms with Gasteiger partial charge in [-0.05, 0) is 30.7 Å². The highest BCUT2D eigenvalue weighted by Gasteiger charge is 2.32. The largest absolute Gasteiger partial charge is 0.494 e. The third-order valence-corrected chi connectivity index (χ3v) is 5.76. The first kappa shape index (κ1) is 20.2. The van der Waals surface area contributed by atoms with E-state index in [1.807, 2.05) is 31.2 Å². The monoisotopic (exact) mass is 425 g/mol. The average molecular weight is 425 g/mol. The minimum atomic E-state index is -0.441. The minimum absolute atomic E-state index is 0.143. The summed E-state index contributed by atoms with van der Waals surface area (Å²) in [5.41, 5.74) is 1.81. The number of fused-ring (bicyclic) bond motifs is 1. The number of nitrogens with one attached hydrogen (secondary N) is 2. The molecule has 1 atom stereocenters. The summed E-state index contributed by atoms with van der Waals surface area (Å²) in [4.78, 5) is 32.6. The summed E-state index contributed by atoms with van der Waals surface area (Å²) < 4.78 is 18.8. The van der Waals surface area contributed by atoms with Gasteiger partial charge in [0.25, 0.3) is 5.56 Å². The van der Waals surface area contributed by atoms with Crippen LogP contribution in [0.3, 0.4) is 0 Å². The van der Waals surface area contributed by atoms with Gasteiger partial charge < -0.3 is 15.0 Å². The van der Waals surface area contributed by atoms with Gasteiger partial charge in [0, 0.05) is 23.7 Å². The van der Waals surface area contributed by atoms with Gasteiger partial charge in [0.1, 0.15) is 17.4 Å². The molecule has 0 bridgehead atoms. The van der Waals surface area contributed by atoms with Crippen LogP contribution in [0.25, 0.3) is 0 Å². The third kappa shape index (κ3) is 4.23. The van der Waals surface area contributed by atoms with Gasteiger partial charge in [0.15, 0.2) is 5.16 Å². The van der Waals surface area contributed by atoms with E-state index >= 15 is 0 Å². The molecule has 30 heavy (non-hydrogen) atoms. The Balaban J connectivity index is 1.66. The smallest absolute Gasteiger partial charge is 0.257 e. The van der Waals surface area contributed by atoms with Crippen molar-refractivity contribution in [3.8, 4) is 5.75 Å². The summed E-state index contributed by atoms with van der Waals surface area (Å²) in [6.45, 7) is 2.37. The molecule has 6 nitrogen and oxygen atoms in total. The second kappa shape index (κ2) is 8.71. The Hall–Kier alpha value is -3.13. The van der Waals surface area contributed by atoms with Crippen LogP contribution in [0.2, 0.25) is 0 Å². The van der Waals surface area contributed by atoms with Crippen LogP contribution in [0.4, 0.5) is 10.2 Å². The molecule has 2 heterocycles. The SMILES string of the molecule is CCOc1ccccc1C1CC(=O)Nc2nc(SCc3ccc(F)cc3)[nH]c(=O)c21. The number of amides is 1. The highest BCUT2D eigenvalue weighted by molar-refractivity contribution is 7.98. The van der Waals surface area contributed by atoms with Crippen molar-refractivity contribution in [3.63, 3.8) is 0 Å². The van der Waals surface area contributed by atoms with Crippen molar-refractivity contribution in [2.45, 2.75) is 30.2 Å². The van der Waals surface area contributed by atoms with Crippen molar-refractivity contribution < 1.29 is 13.9 Å². The van der Waals surface area contributed by atoms with E-state index in [-0.39, 0.29) is 29.5 Å². The summed E-state index contributed by atoms with van der Waals surface area (Å²) in [7, 11) is 0. The number of carbonyl (C=O) groups excluding carboxylic acids is 1. The lowest BCUT2D eigenvalue weighted by Crippen LogP contribution is -2.31. The Morgan fingerprint density at radius 2 is 1.93 bits per heavy atom. The molecule has 1 aliphatic heterocycles. The van der Waals surface area contributed by atoms with Gasteiger partial charge in [-0.25, -0.2) is 9.37 Å². The Labute approximate surface area is 176 Å². The number of aromatic amines is 1. The van der Waals surface area contributed by atoms with Crippen molar-refractivity contribution in [3.05, 3.63) is 81.4 Å². The zero-order chi connectivity index (χ0) is 21.1. The maximum Gasteiger partial charge on any atom is 0.257 e. The van der Waals surface area contributed by atoms with E-state index in [0.717, 1.165) is 11.1 Å². The summed E-state index contributed by atoms with van der Waals surface area (Å²) in [5.74, 6) is 0.486. The predicted octanol–water partition coefficient (Wildman–Crippen LogP) is 4.07. The zero-order valence-electron chi connectivity index (χ0n) is 16.3. The fraction of sp³-hybridized carbons (Fsp3) is 0.227. The Kier molecular flexibility index (Phi) is 5.85. The molecule has 0 saturated carbocycles. The number of para-hydroxylation sites is 1. The fourth-order valence-electron chi connectivity index (χ4n) is 3.47. The Bertz CT molecular complexity index is 1130. The quantitative estimate of drug-likeness (QED) is 0.459. The molecule has 4 rings (SSSR count). The number of halogens is 1. The lowest BCUT2D eigenvalue weighted by Gasteiger charge is -2.26. The number of thioether (sulfide) groups is 1. The van der Waals surface area contributed by atoms with Crippen LogP contribution >= 0.6 is 11.8 Å². The number of hydrogen-bond donors (Lipinski definition) is 2. The minimum Gasteiger partial charge on any atom is -0.494 e. The molecule has 1 amide bonds. The summed E-state index contributed by atoms with van der Waals surface area (Å²) in [5, 5.41) is 3.12. The van der Waals surface area contributed by atoms with Crippen LogP contribution in [0.5, 0.6) is 5.75 Å². The van der Waals surface area contributed by atoms with Crippen LogP contribution in [0.15, 0.2) is 58.5 Å². The molecule has 0 saturated heterocycles. The van der Waals surface area contributed by atoms with E-state index in [2.05, 4.69) is 15.3 Å². The predicted molar refractivity (Wildman–Crippen MR) is 114 cm³/mol. The molecule has 1 aliphatic rings. The van der Waals surface area contributed by atoms with Gasteiger partial charge in [-0.3, -0.25) is 9.59 Å². The van der Waals surface area contributed by atoms with Gasteiger partial charge in [-0.1, -0.05) is 42.1 Å². The normalized spacial score (nSPS) is 15.4. The summed E-state index contributed by atoms with van der Waals surface area (Å²) in [6.07, 6.45) is 0.143. The van der Waals surface area contributed by atoms with Crippen molar-refractivity contribution in [2.24, 2.45) is 0 Å². The number of aromatic nitrogens is 2. The Morgan fingerprint density at radius 1 is 1.17 bits per heavy atom. The van der Waals surface area contributed by atoms with Gasteiger partial charge in [-0.2, -0.15) is 0 Å². The maximum atomic E-state index is 13.1. The van der Waals surface area contributed by atoms with Crippen LogP contribution < -0.4 is 15.6 Å². The van der Waals surface area contributed by atoms with Crippen molar-refractivity contribution in [1.29, 1.82) is 0 Å². The van der Waals surface area contributed by atoms with Gasteiger partial charge in [0.05, 0.1) is 12.2 Å². The van der Waals surface area contributed by atoms with Crippen LogP contribution in [-0.2, 0) is 10.5 Å². The fourth-order valence-corrected chi connectivity index (χ4v) is 4.29. The molecule has 0 spiro atoms. The van der Waals surface area contributed by atoms with E-state index < -0.39 is 5.92 Å². The van der Waals surface area contributed by atoms with Crippen LogP contribution in [0.1, 0.15) is 36.0 Å². The molecule has 2 aromatic carbocycles. The molecular formula is C22H20FN3O3S. The van der Waals surface area contributed by atoms with Gasteiger partial charge >= 0.3 is 0 Å². The first-order valence-corrected chi connectivity index (χ1v) is 10.6. The van der Waals surface area contributed by atoms with Crippen molar-refractivity contribution in [2.75, 3.05) is 11.9 Å². The summed E-state index contributed by atoms with van der Waals surface area (Å²) in [6, 6.07) is 13.6. The molecule has 0 radical (unpaired) electrons. The van der Waals surface area contributed by atoms with E-state index in [4.69, 9.17) is 4.74 Å². The molecule has 2 N–H and O–H groups in total. The first-order valence-electron chi connectivity index (χ1n) is 9.58. The van der Waals surface area contributed by atoms with Crippen molar-refractivity contribution >= 4 is 23.5 Å². The number of H-pyrrole nitrogens is 1. The van der Waals surface area contributed by atoms with Crippen molar-refractivity contribution in [1.82, 2.24) is 9.97 Å². The molecule has 154 valence electrons. The third-order valence-electron chi connectivity index (χ3n) is 4.81. The maximum absolute atomic E-state index is 13.1. The molecule has 0 aliphatic carbocycles. The lowest BCUT2D eigenvalue weighted by atomic mass is 9.86. The number of anilines is 1. The molecule has 0 fully saturated rings. The second-order valence-electron chi connectivity index (χ2n) is 6.82. The number of ether oxygens (including phenoxy) is 1. The zero-order valence-corrected chi connectivity index (χ0v) is 17.1. The molecule has 1 unspecified atom stereocenters. The second-order valence-corrected chi connectivity index (χ2v) is 7.79.